The Morgan fingerprint density at radius 3 is 2.34 bits per heavy atom. The highest BCUT2D eigenvalue weighted by Gasteiger charge is 2.59. The molecule has 0 saturated heterocycles. The van der Waals surface area contributed by atoms with Gasteiger partial charge in [0, 0.05) is 29.8 Å². The van der Waals surface area contributed by atoms with Gasteiger partial charge in [0.15, 0.2) is 27.3 Å². The first-order chi connectivity index (χ1) is 17.6. The maximum absolute atomic E-state index is 13.7. The molecule has 7 atom stereocenters. The first-order valence-electron chi connectivity index (χ1n) is 12.2. The van der Waals surface area contributed by atoms with Crippen LogP contribution in [0.25, 0.3) is 0 Å². The van der Waals surface area contributed by atoms with E-state index in [0.717, 1.165) is 6.07 Å². The van der Waals surface area contributed by atoms with E-state index in [2.05, 4.69) is 5.32 Å². The Kier molecular flexibility index (Phi) is 7.90. The molecule has 38 heavy (non-hydrogen) atoms. The summed E-state index contributed by atoms with van der Waals surface area (Å²) in [7, 11) is -4.09. The molecule has 0 spiro atoms. The van der Waals surface area contributed by atoms with E-state index in [0.29, 0.717) is 18.6 Å². The number of carbonyl (C=O) groups excluding carboxylic acids is 1. The van der Waals surface area contributed by atoms with E-state index in [9.17, 15) is 41.7 Å². The number of sulfone groups is 1. The van der Waals surface area contributed by atoms with Gasteiger partial charge in [-0.1, -0.05) is 18.5 Å². The molecule has 0 heterocycles. The lowest BCUT2D eigenvalue weighted by molar-refractivity contribution is -0.110. The van der Waals surface area contributed by atoms with Gasteiger partial charge >= 0.3 is 0 Å². The van der Waals surface area contributed by atoms with Crippen molar-refractivity contribution in [3.05, 3.63) is 58.4 Å². The van der Waals surface area contributed by atoms with Gasteiger partial charge in [0.25, 0.3) is 5.91 Å². The third-order valence-corrected chi connectivity index (χ3v) is 10.7. The van der Waals surface area contributed by atoms with Gasteiger partial charge in [-0.05, 0) is 62.1 Å². The highest BCUT2D eigenvalue weighted by Crippen LogP contribution is 2.56. The van der Waals surface area contributed by atoms with Crippen molar-refractivity contribution in [3.8, 4) is 0 Å². The van der Waals surface area contributed by atoms with Crippen LogP contribution in [0.15, 0.2) is 35.2 Å². The standard InChI is InChI=1S/C26H29ClF3NO6S/c1-12-5-15-7-17(10-18(12)26(15,35)11-22(33)13(2)32)38(36,37)23-6-14(3-4-19(23)27)25(34)31-16-8-20(28)24(30)21(29)9-16/h3-4,6,8-9,12-13,15,17-18,22,32-33,35H,5,7,10-11H2,1-2H3,(H,31,34)/t12-,13?,15?,17?,18?,22?,26+/m0/s1. The molecule has 1 amide bonds. The minimum absolute atomic E-state index is 0.0181. The number of anilines is 1. The van der Waals surface area contributed by atoms with Crippen molar-refractivity contribution in [1.29, 1.82) is 0 Å². The Balaban J connectivity index is 1.59. The van der Waals surface area contributed by atoms with Crippen LogP contribution in [-0.2, 0) is 9.84 Å². The molecular formula is C26H29ClF3NO6S. The van der Waals surface area contributed by atoms with Gasteiger partial charge in [-0.2, -0.15) is 0 Å². The van der Waals surface area contributed by atoms with E-state index in [1.165, 1.54) is 19.1 Å². The highest BCUT2D eigenvalue weighted by atomic mass is 35.5. The molecule has 2 aromatic rings. The van der Waals surface area contributed by atoms with Crippen LogP contribution in [0.1, 0.15) is 49.9 Å². The van der Waals surface area contributed by atoms with Crippen LogP contribution < -0.4 is 5.32 Å². The van der Waals surface area contributed by atoms with E-state index in [4.69, 9.17) is 11.6 Å². The van der Waals surface area contributed by atoms with Gasteiger partial charge in [-0.15, -0.1) is 0 Å². The summed E-state index contributed by atoms with van der Waals surface area (Å²) in [5.74, 6) is -6.46. The summed E-state index contributed by atoms with van der Waals surface area (Å²) in [6.45, 7) is 3.34. The summed E-state index contributed by atoms with van der Waals surface area (Å²) in [5.41, 5.74) is -1.84. The number of carbonyl (C=O) groups is 1. The Labute approximate surface area is 223 Å². The summed E-state index contributed by atoms with van der Waals surface area (Å²) in [5, 5.41) is 32.6. The summed E-state index contributed by atoms with van der Waals surface area (Å²) in [6, 6.07) is 4.74. The van der Waals surface area contributed by atoms with Crippen LogP contribution in [-0.4, -0.2) is 52.7 Å². The fraction of sp³-hybridized carbons (Fsp3) is 0.500. The van der Waals surface area contributed by atoms with Crippen molar-refractivity contribution in [2.75, 3.05) is 5.32 Å². The fourth-order valence-corrected chi connectivity index (χ4v) is 8.37. The van der Waals surface area contributed by atoms with E-state index < -0.39 is 68.1 Å². The molecule has 208 valence electrons. The van der Waals surface area contributed by atoms with Gasteiger partial charge in [-0.25, -0.2) is 21.6 Å². The molecular weight excluding hydrogens is 547 g/mol. The van der Waals surface area contributed by atoms with Crippen molar-refractivity contribution < 1.29 is 41.7 Å². The second-order valence-corrected chi connectivity index (χ2v) is 13.1. The molecule has 2 saturated carbocycles. The number of halogens is 4. The van der Waals surface area contributed by atoms with Crippen LogP contribution in [0.2, 0.25) is 5.02 Å². The Hall–Kier alpha value is -2.18. The zero-order chi connectivity index (χ0) is 28.2. The van der Waals surface area contributed by atoms with Crippen molar-refractivity contribution in [2.24, 2.45) is 17.8 Å². The van der Waals surface area contributed by atoms with Crippen LogP contribution >= 0.6 is 11.6 Å². The molecule has 2 aromatic carbocycles. The smallest absolute Gasteiger partial charge is 0.255 e. The topological polar surface area (TPSA) is 124 Å². The largest absolute Gasteiger partial charge is 0.391 e. The molecule has 4 N–H and O–H groups in total. The van der Waals surface area contributed by atoms with Gasteiger partial charge in [0.2, 0.25) is 0 Å². The summed E-state index contributed by atoms with van der Waals surface area (Å²) >= 11 is 6.24. The maximum atomic E-state index is 13.7. The summed E-state index contributed by atoms with van der Waals surface area (Å²) in [6.07, 6.45) is -1.52. The lowest BCUT2D eigenvalue weighted by Crippen LogP contribution is -2.51. The van der Waals surface area contributed by atoms with Gasteiger partial charge in [0.05, 0.1) is 33.0 Å². The average Bonchev–Trinajstić information content (AvgIpc) is 2.95. The van der Waals surface area contributed by atoms with Gasteiger partial charge < -0.3 is 20.6 Å². The second kappa shape index (κ2) is 10.4. The number of nitrogens with one attached hydrogen (secondary N) is 1. The number of benzene rings is 2. The number of amides is 1. The van der Waals surface area contributed by atoms with Crippen molar-refractivity contribution >= 4 is 33.0 Å². The Morgan fingerprint density at radius 1 is 1.13 bits per heavy atom. The first-order valence-corrected chi connectivity index (χ1v) is 14.2. The number of hydrogen-bond donors (Lipinski definition) is 4. The van der Waals surface area contributed by atoms with Crippen LogP contribution in [0, 0.1) is 35.2 Å². The van der Waals surface area contributed by atoms with Crippen LogP contribution in [0.3, 0.4) is 0 Å². The lowest BCUT2D eigenvalue weighted by Gasteiger charge is -2.44. The van der Waals surface area contributed by atoms with Crippen LogP contribution in [0.4, 0.5) is 18.9 Å². The monoisotopic (exact) mass is 575 g/mol. The number of aliphatic hydroxyl groups excluding tert-OH is 2. The average molecular weight is 576 g/mol. The van der Waals surface area contributed by atoms with E-state index in [-0.39, 0.29) is 46.3 Å². The highest BCUT2D eigenvalue weighted by molar-refractivity contribution is 7.92. The van der Waals surface area contributed by atoms with Gasteiger partial charge in [-0.3, -0.25) is 4.79 Å². The Bertz CT molecular complexity index is 1330. The predicted octanol–water partition coefficient (Wildman–Crippen LogP) is 4.08. The Morgan fingerprint density at radius 2 is 1.76 bits per heavy atom. The molecule has 12 heteroatoms. The van der Waals surface area contributed by atoms with Gasteiger partial charge in [0.1, 0.15) is 0 Å². The fourth-order valence-electron chi connectivity index (χ4n) is 6.00. The third kappa shape index (κ3) is 5.19. The quantitative estimate of drug-likeness (QED) is 0.369. The molecule has 7 nitrogen and oxygen atoms in total. The first kappa shape index (κ1) is 28.8. The SMILES string of the molecule is CC(O)C(O)C[C@@]1(O)C2CC(S(=O)(=O)c3cc(C(=O)Nc4cc(F)c(F)c(F)c4)ccc3Cl)CC1[C@@H](C)C2. The van der Waals surface area contributed by atoms with Crippen molar-refractivity contribution in [2.45, 2.75) is 67.5 Å². The predicted molar refractivity (Wildman–Crippen MR) is 134 cm³/mol. The molecule has 2 fully saturated rings. The molecule has 2 bridgehead atoms. The number of hydrogen-bond acceptors (Lipinski definition) is 6. The molecule has 0 aliphatic heterocycles. The lowest BCUT2D eigenvalue weighted by atomic mass is 9.70. The summed E-state index contributed by atoms with van der Waals surface area (Å²) in [4.78, 5) is 12.4. The number of aliphatic hydroxyl groups is 3. The van der Waals surface area contributed by atoms with E-state index >= 15 is 0 Å². The van der Waals surface area contributed by atoms with E-state index in [1.54, 1.807) is 0 Å². The second-order valence-electron chi connectivity index (χ2n) is 10.5. The van der Waals surface area contributed by atoms with E-state index in [1.807, 2.05) is 6.92 Å². The van der Waals surface area contributed by atoms with Crippen molar-refractivity contribution in [1.82, 2.24) is 0 Å². The molecule has 0 radical (unpaired) electrons. The number of fused-ring (bicyclic) bond motifs is 2. The minimum atomic E-state index is -4.09. The molecule has 0 aromatic heterocycles. The van der Waals surface area contributed by atoms with Crippen LogP contribution in [0.5, 0.6) is 0 Å². The zero-order valence-electron chi connectivity index (χ0n) is 20.7. The molecule has 5 unspecified atom stereocenters. The minimum Gasteiger partial charge on any atom is -0.391 e. The van der Waals surface area contributed by atoms with Crippen molar-refractivity contribution in [3.63, 3.8) is 0 Å². The molecule has 2 aliphatic carbocycles. The molecule has 2 aliphatic rings. The zero-order valence-corrected chi connectivity index (χ0v) is 22.2. The third-order valence-electron chi connectivity index (χ3n) is 8.03. The maximum Gasteiger partial charge on any atom is 0.255 e. The molecule has 4 rings (SSSR count). The normalized spacial score (nSPS) is 28.7. The number of rotatable bonds is 7. The summed E-state index contributed by atoms with van der Waals surface area (Å²) < 4.78 is 67.7.